The summed E-state index contributed by atoms with van der Waals surface area (Å²) in [5, 5.41) is 2.83. The minimum atomic E-state index is -3.99. The standard InChI is InChI=1S/C25H35BrN4O4S/c1-7-14-27-25(32)20(4)29(16-21-10-12-22(26)13-11-21)24(31)17-30(35(33,34)28(5)6)23-15-18(2)8-9-19(23)3/h8-13,15,20H,7,14,16-17H2,1-6H3,(H,27,32). The molecule has 1 atom stereocenters. The summed E-state index contributed by atoms with van der Waals surface area (Å²) in [7, 11) is -1.13. The molecule has 8 nitrogen and oxygen atoms in total. The van der Waals surface area contributed by atoms with Crippen molar-refractivity contribution in [1.82, 2.24) is 14.5 Å². The first-order valence-electron chi connectivity index (χ1n) is 11.5. The van der Waals surface area contributed by atoms with E-state index in [0.29, 0.717) is 12.2 Å². The van der Waals surface area contributed by atoms with Crippen molar-refractivity contribution in [2.24, 2.45) is 0 Å². The summed E-state index contributed by atoms with van der Waals surface area (Å²) in [6.07, 6.45) is 0.764. The Kier molecular flexibility index (Phi) is 10.3. The van der Waals surface area contributed by atoms with Gasteiger partial charge in [-0.15, -0.1) is 0 Å². The fraction of sp³-hybridized carbons (Fsp3) is 0.440. The van der Waals surface area contributed by atoms with E-state index in [9.17, 15) is 18.0 Å². The molecule has 0 radical (unpaired) electrons. The number of nitrogens with zero attached hydrogens (tertiary/aromatic N) is 3. The van der Waals surface area contributed by atoms with E-state index < -0.39 is 28.7 Å². The van der Waals surface area contributed by atoms with Crippen molar-refractivity contribution < 1.29 is 18.0 Å². The lowest BCUT2D eigenvalue weighted by molar-refractivity contribution is -0.139. The average molecular weight is 568 g/mol. The second-order valence-corrected chi connectivity index (χ2v) is 11.7. The van der Waals surface area contributed by atoms with Gasteiger partial charge in [-0.25, -0.2) is 4.31 Å². The average Bonchev–Trinajstić information content (AvgIpc) is 2.81. The van der Waals surface area contributed by atoms with Crippen molar-refractivity contribution in [3.05, 3.63) is 63.6 Å². The molecule has 0 fully saturated rings. The van der Waals surface area contributed by atoms with Crippen LogP contribution in [0.3, 0.4) is 0 Å². The zero-order chi connectivity index (χ0) is 26.3. The van der Waals surface area contributed by atoms with Gasteiger partial charge in [0.1, 0.15) is 12.6 Å². The van der Waals surface area contributed by atoms with Crippen LogP contribution in [0.15, 0.2) is 46.9 Å². The molecule has 2 rings (SSSR count). The molecule has 0 bridgehead atoms. The van der Waals surface area contributed by atoms with Crippen molar-refractivity contribution in [1.29, 1.82) is 0 Å². The van der Waals surface area contributed by atoms with Crippen molar-refractivity contribution in [2.45, 2.75) is 46.7 Å². The summed E-state index contributed by atoms with van der Waals surface area (Å²) >= 11 is 3.41. The van der Waals surface area contributed by atoms with Crippen LogP contribution in [0.5, 0.6) is 0 Å². The van der Waals surface area contributed by atoms with Gasteiger partial charge in [-0.3, -0.25) is 9.59 Å². The number of hydrogen-bond donors (Lipinski definition) is 1. The van der Waals surface area contributed by atoms with Crippen molar-refractivity contribution in [3.8, 4) is 0 Å². The molecule has 192 valence electrons. The van der Waals surface area contributed by atoms with Gasteiger partial charge in [0.25, 0.3) is 0 Å². The van der Waals surface area contributed by atoms with Gasteiger partial charge in [0.2, 0.25) is 11.8 Å². The number of halogens is 1. The number of benzene rings is 2. The number of aryl methyl sites for hydroxylation is 2. The molecule has 2 aromatic rings. The molecule has 0 aliphatic rings. The van der Waals surface area contributed by atoms with E-state index >= 15 is 0 Å². The van der Waals surface area contributed by atoms with Crippen molar-refractivity contribution in [3.63, 3.8) is 0 Å². The molecule has 1 N–H and O–H groups in total. The second kappa shape index (κ2) is 12.5. The molecule has 0 saturated carbocycles. The van der Waals surface area contributed by atoms with Crippen LogP contribution in [0, 0.1) is 13.8 Å². The van der Waals surface area contributed by atoms with Gasteiger partial charge in [0.15, 0.2) is 0 Å². The van der Waals surface area contributed by atoms with Crippen LogP contribution in [0.25, 0.3) is 0 Å². The topological polar surface area (TPSA) is 90.0 Å². The van der Waals surface area contributed by atoms with E-state index in [0.717, 1.165) is 36.2 Å². The third kappa shape index (κ3) is 7.52. The molecule has 0 saturated heterocycles. The van der Waals surface area contributed by atoms with Gasteiger partial charge in [0, 0.05) is 31.7 Å². The Hall–Kier alpha value is -2.43. The smallest absolute Gasteiger partial charge is 0.304 e. The summed E-state index contributed by atoms with van der Waals surface area (Å²) in [6, 6.07) is 12.1. The van der Waals surface area contributed by atoms with Gasteiger partial charge in [-0.1, -0.05) is 47.1 Å². The Morgan fingerprint density at radius 3 is 2.26 bits per heavy atom. The van der Waals surface area contributed by atoms with E-state index in [1.807, 2.05) is 50.2 Å². The van der Waals surface area contributed by atoms with E-state index in [1.165, 1.54) is 19.0 Å². The number of amides is 2. The normalized spacial score (nSPS) is 12.3. The number of carbonyl (C=O) groups excluding carboxylic acids is 2. The van der Waals surface area contributed by atoms with Gasteiger partial charge >= 0.3 is 10.2 Å². The first-order chi connectivity index (χ1) is 16.4. The highest BCUT2D eigenvalue weighted by Crippen LogP contribution is 2.26. The van der Waals surface area contributed by atoms with Gasteiger partial charge in [0.05, 0.1) is 5.69 Å². The van der Waals surface area contributed by atoms with Crippen LogP contribution in [0.2, 0.25) is 0 Å². The Morgan fingerprint density at radius 2 is 1.69 bits per heavy atom. The predicted molar refractivity (Wildman–Crippen MR) is 143 cm³/mol. The first kappa shape index (κ1) is 28.8. The van der Waals surface area contributed by atoms with Crippen LogP contribution in [-0.2, 0) is 26.3 Å². The third-order valence-corrected chi connectivity index (χ3v) is 7.97. The zero-order valence-corrected chi connectivity index (χ0v) is 23.6. The highest BCUT2D eigenvalue weighted by atomic mass is 79.9. The minimum Gasteiger partial charge on any atom is -0.354 e. The third-order valence-electron chi connectivity index (χ3n) is 5.63. The molecular formula is C25H35BrN4O4S. The minimum absolute atomic E-state index is 0.162. The molecule has 0 aliphatic carbocycles. The van der Waals surface area contributed by atoms with E-state index in [-0.39, 0.29) is 12.5 Å². The largest absolute Gasteiger partial charge is 0.354 e. The molecule has 1 unspecified atom stereocenters. The van der Waals surface area contributed by atoms with Crippen molar-refractivity contribution >= 4 is 43.6 Å². The maximum absolute atomic E-state index is 13.7. The summed E-state index contributed by atoms with van der Waals surface area (Å²) < 4.78 is 29.7. The Labute approximate surface area is 217 Å². The molecular weight excluding hydrogens is 532 g/mol. The number of nitrogens with one attached hydrogen (secondary N) is 1. The van der Waals surface area contributed by atoms with Gasteiger partial charge < -0.3 is 10.2 Å². The molecule has 0 aromatic heterocycles. The van der Waals surface area contributed by atoms with E-state index in [4.69, 9.17) is 0 Å². The number of hydrogen-bond acceptors (Lipinski definition) is 4. The fourth-order valence-electron chi connectivity index (χ4n) is 3.45. The molecule has 2 aromatic carbocycles. The van der Waals surface area contributed by atoms with Crippen molar-refractivity contribution in [2.75, 3.05) is 31.5 Å². The number of carbonyl (C=O) groups is 2. The van der Waals surface area contributed by atoms with Crippen LogP contribution in [-0.4, -0.2) is 62.7 Å². The zero-order valence-electron chi connectivity index (χ0n) is 21.2. The highest BCUT2D eigenvalue weighted by molar-refractivity contribution is 9.10. The molecule has 0 aliphatic heterocycles. The summed E-state index contributed by atoms with van der Waals surface area (Å²) in [4.78, 5) is 27.9. The monoisotopic (exact) mass is 566 g/mol. The summed E-state index contributed by atoms with van der Waals surface area (Å²) in [5.74, 6) is -0.760. The second-order valence-electron chi connectivity index (χ2n) is 8.70. The van der Waals surface area contributed by atoms with Gasteiger partial charge in [-0.2, -0.15) is 12.7 Å². The first-order valence-corrected chi connectivity index (χ1v) is 13.7. The van der Waals surface area contributed by atoms with E-state index in [2.05, 4.69) is 21.2 Å². The Balaban J connectivity index is 2.48. The molecule has 35 heavy (non-hydrogen) atoms. The lowest BCUT2D eigenvalue weighted by Gasteiger charge is -2.33. The summed E-state index contributed by atoms with van der Waals surface area (Å²) in [5.41, 5.74) is 2.85. The number of rotatable bonds is 11. The predicted octanol–water partition coefficient (Wildman–Crippen LogP) is 3.62. The maximum atomic E-state index is 13.7. The Bertz CT molecular complexity index is 1140. The molecule has 10 heteroatoms. The fourth-order valence-corrected chi connectivity index (χ4v) is 4.83. The van der Waals surface area contributed by atoms with E-state index in [1.54, 1.807) is 19.9 Å². The Morgan fingerprint density at radius 1 is 1.06 bits per heavy atom. The lowest BCUT2D eigenvalue weighted by Crippen LogP contribution is -2.52. The SMILES string of the molecule is CCCNC(=O)C(C)N(Cc1ccc(Br)cc1)C(=O)CN(c1cc(C)ccc1C)S(=O)(=O)N(C)C. The highest BCUT2D eigenvalue weighted by Gasteiger charge is 2.33. The summed E-state index contributed by atoms with van der Waals surface area (Å²) in [6.45, 7) is 7.49. The van der Waals surface area contributed by atoms with Gasteiger partial charge in [-0.05, 0) is 62.1 Å². The van der Waals surface area contributed by atoms with Crippen LogP contribution in [0.1, 0.15) is 37.0 Å². The van der Waals surface area contributed by atoms with Crippen LogP contribution in [0.4, 0.5) is 5.69 Å². The molecule has 2 amide bonds. The maximum Gasteiger partial charge on any atom is 0.304 e. The number of anilines is 1. The lowest BCUT2D eigenvalue weighted by atomic mass is 10.1. The van der Waals surface area contributed by atoms with Crippen LogP contribution < -0.4 is 9.62 Å². The van der Waals surface area contributed by atoms with Crippen LogP contribution >= 0.6 is 15.9 Å². The quantitative estimate of drug-likeness (QED) is 0.449. The molecule has 0 spiro atoms. The molecule has 0 heterocycles.